The van der Waals surface area contributed by atoms with Crippen molar-refractivity contribution in [3.8, 4) is 0 Å². The van der Waals surface area contributed by atoms with E-state index in [1.807, 2.05) is 22.5 Å². The molecule has 0 saturated heterocycles. The number of nitrogens with one attached hydrogen (secondary N) is 1. The Morgan fingerprint density at radius 1 is 1.32 bits per heavy atom. The Balaban J connectivity index is 2.26. The van der Waals surface area contributed by atoms with Crippen LogP contribution in [0.5, 0.6) is 0 Å². The first-order valence-electron chi connectivity index (χ1n) is 7.17. The van der Waals surface area contributed by atoms with Crippen LogP contribution in [-0.4, -0.2) is 27.2 Å². The summed E-state index contributed by atoms with van der Waals surface area (Å²) in [5, 5.41) is 7.16. The van der Waals surface area contributed by atoms with Crippen molar-refractivity contribution in [2.45, 2.75) is 52.5 Å². The van der Waals surface area contributed by atoms with Crippen molar-refractivity contribution in [3.63, 3.8) is 0 Å². The van der Waals surface area contributed by atoms with E-state index in [0.29, 0.717) is 6.42 Å². The van der Waals surface area contributed by atoms with E-state index in [0.717, 1.165) is 36.7 Å². The van der Waals surface area contributed by atoms with E-state index >= 15 is 0 Å². The van der Waals surface area contributed by atoms with Gasteiger partial charge in [0.05, 0.1) is 6.20 Å². The van der Waals surface area contributed by atoms with Crippen LogP contribution in [0.25, 0.3) is 0 Å². The number of unbranched alkanes of at least 4 members (excludes halogenated alkanes) is 2. The molecule has 0 spiro atoms. The van der Waals surface area contributed by atoms with Crippen molar-refractivity contribution in [1.29, 1.82) is 0 Å². The van der Waals surface area contributed by atoms with E-state index in [9.17, 15) is 4.79 Å². The van der Waals surface area contributed by atoms with Gasteiger partial charge in [0.25, 0.3) is 0 Å². The van der Waals surface area contributed by atoms with Crippen LogP contribution in [0.4, 0.5) is 5.82 Å². The van der Waals surface area contributed by atoms with Crippen LogP contribution >= 0.6 is 11.8 Å². The smallest absolute Gasteiger partial charge is 0.226 e. The molecule has 0 bridgehead atoms. The van der Waals surface area contributed by atoms with Gasteiger partial charge in [-0.05, 0) is 18.6 Å². The van der Waals surface area contributed by atoms with Gasteiger partial charge < -0.3 is 5.32 Å². The van der Waals surface area contributed by atoms with E-state index in [1.165, 1.54) is 12.8 Å². The highest BCUT2D eigenvalue weighted by molar-refractivity contribution is 7.99. The summed E-state index contributed by atoms with van der Waals surface area (Å²) in [5.74, 6) is 2.95. The molecule has 0 atom stereocenters. The summed E-state index contributed by atoms with van der Waals surface area (Å²) >= 11 is 1.85. The normalized spacial score (nSPS) is 10.6. The van der Waals surface area contributed by atoms with Crippen LogP contribution < -0.4 is 5.32 Å². The Bertz CT molecular complexity index is 365. The predicted octanol–water partition coefficient (Wildman–Crippen LogP) is 3.55. The molecule has 1 heterocycles. The minimum atomic E-state index is 0.0854. The first-order valence-corrected chi connectivity index (χ1v) is 8.32. The molecule has 0 fully saturated rings. The topological polar surface area (TPSA) is 46.9 Å². The molecule has 0 aliphatic heterocycles. The molecule has 1 rings (SSSR count). The number of thioether (sulfide) groups is 1. The Labute approximate surface area is 120 Å². The Kier molecular flexibility index (Phi) is 8.38. The van der Waals surface area contributed by atoms with Gasteiger partial charge >= 0.3 is 0 Å². The number of aryl methyl sites for hydroxylation is 1. The summed E-state index contributed by atoms with van der Waals surface area (Å²) in [5.41, 5.74) is 0. The van der Waals surface area contributed by atoms with E-state index < -0.39 is 0 Å². The van der Waals surface area contributed by atoms with Crippen LogP contribution in [0.1, 0.15) is 46.0 Å². The molecule has 108 valence electrons. The Hall–Kier alpha value is -0.970. The molecule has 1 aromatic heterocycles. The molecule has 19 heavy (non-hydrogen) atoms. The van der Waals surface area contributed by atoms with E-state index in [1.54, 1.807) is 6.20 Å². The minimum Gasteiger partial charge on any atom is -0.311 e. The molecular weight excluding hydrogens is 258 g/mol. The number of hydrogen-bond acceptors (Lipinski definition) is 3. The quantitative estimate of drug-likeness (QED) is 0.668. The van der Waals surface area contributed by atoms with E-state index in [2.05, 4.69) is 24.3 Å². The number of nitrogens with zero attached hydrogens (tertiary/aromatic N) is 2. The third kappa shape index (κ3) is 6.66. The fraction of sp³-hybridized carbons (Fsp3) is 0.714. The van der Waals surface area contributed by atoms with E-state index in [-0.39, 0.29) is 5.91 Å². The summed E-state index contributed by atoms with van der Waals surface area (Å²) in [4.78, 5) is 11.8. The lowest BCUT2D eigenvalue weighted by Crippen LogP contribution is -2.16. The fourth-order valence-corrected chi connectivity index (χ4v) is 2.67. The summed E-state index contributed by atoms with van der Waals surface area (Å²) in [6.07, 6.45) is 6.97. The largest absolute Gasteiger partial charge is 0.311 e. The number of amides is 1. The van der Waals surface area contributed by atoms with Gasteiger partial charge in [0.2, 0.25) is 5.91 Å². The molecule has 0 aromatic carbocycles. The maximum absolute atomic E-state index is 11.8. The molecule has 1 aromatic rings. The van der Waals surface area contributed by atoms with Crippen molar-refractivity contribution in [1.82, 2.24) is 9.78 Å². The van der Waals surface area contributed by atoms with Gasteiger partial charge in [-0.1, -0.05) is 26.7 Å². The number of hydrogen-bond donors (Lipinski definition) is 1. The average molecular weight is 283 g/mol. The van der Waals surface area contributed by atoms with Gasteiger partial charge in [-0.3, -0.25) is 4.79 Å². The van der Waals surface area contributed by atoms with Crippen molar-refractivity contribution in [2.75, 3.05) is 16.8 Å². The van der Waals surface area contributed by atoms with Gasteiger partial charge in [-0.2, -0.15) is 16.9 Å². The molecule has 0 saturated carbocycles. The highest BCUT2D eigenvalue weighted by atomic mass is 32.2. The molecule has 1 amide bonds. The second kappa shape index (κ2) is 9.89. The van der Waals surface area contributed by atoms with Crippen molar-refractivity contribution in [2.24, 2.45) is 0 Å². The van der Waals surface area contributed by atoms with Crippen LogP contribution in [0.15, 0.2) is 12.3 Å². The zero-order valence-corrected chi connectivity index (χ0v) is 12.8. The third-order valence-electron chi connectivity index (χ3n) is 2.82. The van der Waals surface area contributed by atoms with Crippen LogP contribution in [0.3, 0.4) is 0 Å². The fourth-order valence-electron chi connectivity index (χ4n) is 1.64. The minimum absolute atomic E-state index is 0.0854. The van der Waals surface area contributed by atoms with Gasteiger partial charge in [0.15, 0.2) is 0 Å². The van der Waals surface area contributed by atoms with Gasteiger partial charge in [0, 0.05) is 24.8 Å². The molecule has 1 N–H and O–H groups in total. The summed E-state index contributed by atoms with van der Waals surface area (Å²) in [7, 11) is 0. The molecule has 0 aliphatic carbocycles. The van der Waals surface area contributed by atoms with Crippen molar-refractivity contribution < 1.29 is 4.79 Å². The van der Waals surface area contributed by atoms with Crippen LogP contribution in [-0.2, 0) is 11.3 Å². The number of carbonyl (C=O) groups is 1. The number of rotatable bonds is 10. The van der Waals surface area contributed by atoms with Crippen LogP contribution in [0.2, 0.25) is 0 Å². The predicted molar refractivity (Wildman–Crippen MR) is 82.6 cm³/mol. The van der Waals surface area contributed by atoms with Crippen molar-refractivity contribution >= 4 is 23.5 Å². The molecule has 5 heteroatoms. The zero-order chi connectivity index (χ0) is 13.9. The second-order valence-corrected chi connectivity index (χ2v) is 5.78. The lowest BCUT2D eigenvalue weighted by atomic mass is 10.3. The molecule has 0 unspecified atom stereocenters. The number of aromatic nitrogens is 2. The highest BCUT2D eigenvalue weighted by Gasteiger charge is 2.06. The second-order valence-electron chi connectivity index (χ2n) is 4.56. The maximum Gasteiger partial charge on any atom is 0.226 e. The monoisotopic (exact) mass is 283 g/mol. The lowest BCUT2D eigenvalue weighted by molar-refractivity contribution is -0.115. The zero-order valence-electron chi connectivity index (χ0n) is 12.0. The first-order chi connectivity index (χ1) is 9.27. The van der Waals surface area contributed by atoms with E-state index in [4.69, 9.17) is 0 Å². The highest BCUT2D eigenvalue weighted by Crippen LogP contribution is 2.10. The SMILES string of the molecule is CCCCSCCC(=O)Nc1ccnn1CCCC. The van der Waals surface area contributed by atoms with Crippen LogP contribution in [0, 0.1) is 0 Å². The van der Waals surface area contributed by atoms with Gasteiger partial charge in [-0.15, -0.1) is 0 Å². The molecular formula is C14H25N3OS. The summed E-state index contributed by atoms with van der Waals surface area (Å²) < 4.78 is 1.87. The van der Waals surface area contributed by atoms with Gasteiger partial charge in [-0.25, -0.2) is 4.68 Å². The maximum atomic E-state index is 11.8. The molecule has 0 radical (unpaired) electrons. The molecule has 4 nitrogen and oxygen atoms in total. The average Bonchev–Trinajstić information content (AvgIpc) is 2.83. The third-order valence-corrected chi connectivity index (χ3v) is 3.89. The lowest BCUT2D eigenvalue weighted by Gasteiger charge is -2.08. The summed E-state index contributed by atoms with van der Waals surface area (Å²) in [6.45, 7) is 5.20. The standard InChI is InChI=1S/C14H25N3OS/c1-3-5-10-17-13(7-9-15-17)16-14(18)8-12-19-11-6-4-2/h7,9H,3-6,8,10-12H2,1-2H3,(H,16,18). The summed E-state index contributed by atoms with van der Waals surface area (Å²) in [6, 6.07) is 1.86. The number of anilines is 1. The number of carbonyl (C=O) groups excluding carboxylic acids is 1. The molecule has 0 aliphatic rings. The van der Waals surface area contributed by atoms with Crippen molar-refractivity contribution in [3.05, 3.63) is 12.3 Å². The Morgan fingerprint density at radius 2 is 2.11 bits per heavy atom. The first kappa shape index (κ1) is 16.1. The Morgan fingerprint density at radius 3 is 2.84 bits per heavy atom. The van der Waals surface area contributed by atoms with Gasteiger partial charge in [0.1, 0.15) is 5.82 Å².